The number of carbonyl (C=O) groups excluding carboxylic acids is 2. The average Bonchev–Trinajstić information content (AvgIpc) is 3.20. The van der Waals surface area contributed by atoms with Crippen LogP contribution in [0.15, 0.2) is 60.8 Å². The first-order chi connectivity index (χ1) is 29.0. The summed E-state index contributed by atoms with van der Waals surface area (Å²) in [5.74, 6) is -0.903. The first kappa shape index (κ1) is 57.7. The van der Waals surface area contributed by atoms with Gasteiger partial charge in [0.2, 0.25) is 0 Å². The van der Waals surface area contributed by atoms with Crippen LogP contribution in [0.3, 0.4) is 0 Å². The van der Waals surface area contributed by atoms with Crippen molar-refractivity contribution in [2.75, 3.05) is 47.5 Å². The van der Waals surface area contributed by atoms with Gasteiger partial charge in [0.05, 0.1) is 27.7 Å². The zero-order chi connectivity index (χ0) is 44.3. The molecule has 2 atom stereocenters. The number of ether oxygens (including phenoxy) is 2. The first-order valence-corrected chi connectivity index (χ1v) is 25.5. The molecule has 0 amide bonds. The Bertz CT molecular complexity index is 1210. The minimum Gasteiger partial charge on any atom is -0.756 e. The van der Waals surface area contributed by atoms with Crippen molar-refractivity contribution in [3.63, 3.8) is 0 Å². The number of unbranched alkanes of at least 4 members (excludes halogenated alkanes) is 19. The standard InChI is InChI=1S/C50H90NO8P/c1-6-8-10-12-14-16-18-20-22-23-24-25-26-27-29-30-32-34-36-38-40-42-49(52)56-46-48(47-58-60(54,55)57-45-44-51(3,4)5)59-50(53)43-41-39-37-35-33-31-28-21-19-17-15-13-11-9-7-2/h13,15,22-23,25-26,29-30,34,36,48H,6-12,14,16-21,24,27-28,31-33,35,37-47H2,1-5H3/b15-13+,23-22+,26-25+,30-29+,36-34+/t48-/m0/s1. The van der Waals surface area contributed by atoms with Crippen molar-refractivity contribution >= 4 is 19.8 Å². The lowest BCUT2D eigenvalue weighted by Gasteiger charge is -2.28. The van der Waals surface area contributed by atoms with Crippen LogP contribution in [0.2, 0.25) is 0 Å². The summed E-state index contributed by atoms with van der Waals surface area (Å²) in [5.41, 5.74) is 0. The summed E-state index contributed by atoms with van der Waals surface area (Å²) in [5, 5.41) is 0. The molecule has 60 heavy (non-hydrogen) atoms. The third-order valence-electron chi connectivity index (χ3n) is 10.0. The largest absolute Gasteiger partial charge is 0.756 e. The van der Waals surface area contributed by atoms with E-state index in [-0.39, 0.29) is 26.1 Å². The summed E-state index contributed by atoms with van der Waals surface area (Å²) in [4.78, 5) is 37.6. The van der Waals surface area contributed by atoms with Gasteiger partial charge >= 0.3 is 11.9 Å². The number of carbonyl (C=O) groups is 2. The number of rotatable bonds is 43. The third kappa shape index (κ3) is 45.2. The molecule has 0 radical (unpaired) electrons. The third-order valence-corrected chi connectivity index (χ3v) is 11.0. The molecule has 0 fully saturated rings. The predicted molar refractivity (Wildman–Crippen MR) is 250 cm³/mol. The van der Waals surface area contributed by atoms with E-state index in [0.717, 1.165) is 44.9 Å². The number of hydrogen-bond acceptors (Lipinski definition) is 8. The Morgan fingerprint density at radius 2 is 0.933 bits per heavy atom. The minimum absolute atomic E-state index is 0.0416. The maximum atomic E-state index is 12.7. The lowest BCUT2D eigenvalue weighted by atomic mass is 10.1. The van der Waals surface area contributed by atoms with Gasteiger partial charge in [0.15, 0.2) is 6.10 Å². The fourth-order valence-electron chi connectivity index (χ4n) is 6.22. The maximum Gasteiger partial charge on any atom is 0.306 e. The summed E-state index contributed by atoms with van der Waals surface area (Å²) in [6, 6.07) is 0. The summed E-state index contributed by atoms with van der Waals surface area (Å²) in [6.07, 6.45) is 51.1. The molecule has 0 aromatic heterocycles. The highest BCUT2D eigenvalue weighted by Crippen LogP contribution is 2.38. The predicted octanol–water partition coefficient (Wildman–Crippen LogP) is 13.4. The number of nitrogens with zero attached hydrogens (tertiary/aromatic N) is 1. The second-order valence-electron chi connectivity index (χ2n) is 17.1. The highest BCUT2D eigenvalue weighted by atomic mass is 31.2. The molecule has 0 aliphatic heterocycles. The van der Waals surface area contributed by atoms with Crippen molar-refractivity contribution in [3.05, 3.63) is 60.8 Å². The van der Waals surface area contributed by atoms with Gasteiger partial charge in [-0.1, -0.05) is 171 Å². The van der Waals surface area contributed by atoms with E-state index in [1.165, 1.54) is 109 Å². The molecule has 10 heteroatoms. The van der Waals surface area contributed by atoms with Gasteiger partial charge < -0.3 is 27.9 Å². The van der Waals surface area contributed by atoms with Crippen molar-refractivity contribution < 1.29 is 42.1 Å². The Kier molecular flexibility index (Phi) is 40.4. The van der Waals surface area contributed by atoms with Crippen LogP contribution in [0, 0.1) is 0 Å². The van der Waals surface area contributed by atoms with Gasteiger partial charge in [-0.3, -0.25) is 14.2 Å². The monoisotopic (exact) mass is 864 g/mol. The highest BCUT2D eigenvalue weighted by Gasteiger charge is 2.21. The topological polar surface area (TPSA) is 111 Å². The van der Waals surface area contributed by atoms with Crippen molar-refractivity contribution in [1.29, 1.82) is 0 Å². The average molecular weight is 864 g/mol. The van der Waals surface area contributed by atoms with Crippen LogP contribution in [-0.2, 0) is 32.7 Å². The van der Waals surface area contributed by atoms with Crippen molar-refractivity contribution in [2.45, 2.75) is 200 Å². The van der Waals surface area contributed by atoms with Gasteiger partial charge in [0.25, 0.3) is 7.82 Å². The Morgan fingerprint density at radius 3 is 1.45 bits per heavy atom. The minimum atomic E-state index is -4.64. The van der Waals surface area contributed by atoms with E-state index in [9.17, 15) is 19.0 Å². The van der Waals surface area contributed by atoms with Gasteiger partial charge in [-0.15, -0.1) is 0 Å². The summed E-state index contributed by atoms with van der Waals surface area (Å²) in [7, 11) is 1.13. The van der Waals surface area contributed by atoms with E-state index in [0.29, 0.717) is 23.9 Å². The quantitative estimate of drug-likeness (QED) is 0.0196. The van der Waals surface area contributed by atoms with E-state index >= 15 is 0 Å². The van der Waals surface area contributed by atoms with Gasteiger partial charge in [-0.05, 0) is 70.6 Å². The number of hydrogen-bond donors (Lipinski definition) is 0. The number of quaternary nitrogens is 1. The number of phosphoric acid groups is 1. The molecule has 0 aromatic carbocycles. The molecular weight excluding hydrogens is 774 g/mol. The molecule has 0 rings (SSSR count). The fourth-order valence-corrected chi connectivity index (χ4v) is 6.94. The smallest absolute Gasteiger partial charge is 0.306 e. The van der Waals surface area contributed by atoms with Gasteiger partial charge in [0, 0.05) is 12.8 Å². The SMILES string of the molecule is CCCC/C=C/CCCCCCCCCCCC(=O)O[C@@H](COC(=O)CCC/C=C/C/C=C/C/C=C/C/C=C/CCCCCCCCC)COP(=O)([O-])OCC[N+](C)(C)C. The summed E-state index contributed by atoms with van der Waals surface area (Å²) >= 11 is 0. The summed E-state index contributed by atoms with van der Waals surface area (Å²) < 4.78 is 33.9. The van der Waals surface area contributed by atoms with Crippen LogP contribution in [0.4, 0.5) is 0 Å². The number of esters is 2. The molecule has 0 heterocycles. The van der Waals surface area contributed by atoms with Crippen molar-refractivity contribution in [2.24, 2.45) is 0 Å². The maximum absolute atomic E-state index is 12.7. The molecule has 0 N–H and O–H groups in total. The number of phosphoric ester groups is 1. The molecule has 0 aliphatic rings. The van der Waals surface area contributed by atoms with E-state index in [4.69, 9.17) is 18.5 Å². The Hall–Kier alpha value is -2.29. The molecule has 0 aliphatic carbocycles. The lowest BCUT2D eigenvalue weighted by molar-refractivity contribution is -0.870. The second kappa shape index (κ2) is 42.0. The van der Waals surface area contributed by atoms with Crippen LogP contribution >= 0.6 is 7.82 Å². The molecule has 9 nitrogen and oxygen atoms in total. The van der Waals surface area contributed by atoms with E-state index in [1.807, 2.05) is 21.1 Å². The van der Waals surface area contributed by atoms with Gasteiger partial charge in [0.1, 0.15) is 19.8 Å². The molecule has 1 unspecified atom stereocenters. The van der Waals surface area contributed by atoms with Gasteiger partial charge in [-0.25, -0.2) is 0 Å². The fraction of sp³-hybridized carbons (Fsp3) is 0.760. The van der Waals surface area contributed by atoms with Crippen LogP contribution in [0.25, 0.3) is 0 Å². The highest BCUT2D eigenvalue weighted by molar-refractivity contribution is 7.45. The van der Waals surface area contributed by atoms with Crippen LogP contribution in [0.5, 0.6) is 0 Å². The van der Waals surface area contributed by atoms with Crippen LogP contribution in [-0.4, -0.2) is 70.0 Å². The molecular formula is C50H90NO8P. The lowest BCUT2D eigenvalue weighted by Crippen LogP contribution is -2.37. The van der Waals surface area contributed by atoms with Crippen LogP contribution < -0.4 is 4.89 Å². The number of likely N-dealkylation sites (N-methyl/N-ethyl adjacent to an activating group) is 1. The molecule has 0 saturated carbocycles. The van der Waals surface area contributed by atoms with Crippen molar-refractivity contribution in [1.82, 2.24) is 0 Å². The molecule has 0 bridgehead atoms. The first-order valence-electron chi connectivity index (χ1n) is 24.0. The molecule has 0 aromatic rings. The molecule has 348 valence electrons. The normalized spacial score (nSPS) is 14.0. The molecule has 0 saturated heterocycles. The van der Waals surface area contributed by atoms with E-state index < -0.39 is 32.5 Å². The van der Waals surface area contributed by atoms with E-state index in [1.54, 1.807) is 0 Å². The Labute approximate surface area is 368 Å². The molecule has 0 spiro atoms. The van der Waals surface area contributed by atoms with Crippen molar-refractivity contribution in [3.8, 4) is 0 Å². The zero-order valence-corrected chi connectivity index (χ0v) is 40.0. The zero-order valence-electron chi connectivity index (χ0n) is 39.1. The van der Waals surface area contributed by atoms with Crippen LogP contribution in [0.1, 0.15) is 194 Å². The summed E-state index contributed by atoms with van der Waals surface area (Å²) in [6.45, 7) is 4.13. The Balaban J connectivity index is 4.39. The Morgan fingerprint density at radius 1 is 0.517 bits per heavy atom. The second-order valence-corrected chi connectivity index (χ2v) is 18.5. The number of allylic oxidation sites excluding steroid dienone is 10. The van der Waals surface area contributed by atoms with Gasteiger partial charge in [-0.2, -0.15) is 0 Å². The van der Waals surface area contributed by atoms with E-state index in [2.05, 4.69) is 74.6 Å².